The monoisotopic (exact) mass is 421 g/mol. The second-order valence-corrected chi connectivity index (χ2v) is 8.38. The quantitative estimate of drug-likeness (QED) is 0.803. The van der Waals surface area contributed by atoms with Gasteiger partial charge in [-0.05, 0) is 31.2 Å². The van der Waals surface area contributed by atoms with Crippen LogP contribution in [0.25, 0.3) is 0 Å². The van der Waals surface area contributed by atoms with Gasteiger partial charge < -0.3 is 15.1 Å². The topological polar surface area (TPSA) is 78.4 Å². The maximum atomic E-state index is 13.1. The Morgan fingerprint density at radius 3 is 2.68 bits per heavy atom. The highest BCUT2D eigenvalue weighted by Crippen LogP contribution is 2.33. The van der Waals surface area contributed by atoms with Gasteiger partial charge in [0.2, 0.25) is 11.8 Å². The maximum absolute atomic E-state index is 13.1. The van der Waals surface area contributed by atoms with Crippen LogP contribution in [0.1, 0.15) is 61.3 Å². The summed E-state index contributed by atoms with van der Waals surface area (Å²) in [7, 11) is 1.85. The Balaban J connectivity index is 1.55. The van der Waals surface area contributed by atoms with E-state index in [9.17, 15) is 9.59 Å². The fraction of sp³-hybridized carbons (Fsp3) is 0.500. The highest BCUT2D eigenvalue weighted by atomic mass is 16.2. The molecule has 3 heterocycles. The molecule has 1 fully saturated rings. The van der Waals surface area contributed by atoms with Crippen molar-refractivity contribution in [2.75, 3.05) is 25.5 Å². The van der Waals surface area contributed by atoms with Gasteiger partial charge in [-0.15, -0.1) is 0 Å². The SMILES string of the molecule is CNc1nc(C2CCCCN2C(=O)CCc2ccccc2)nc2c1CN(C(C)=O)CC2. The van der Waals surface area contributed by atoms with Crippen LogP contribution in [0.2, 0.25) is 0 Å². The van der Waals surface area contributed by atoms with Crippen LogP contribution in [0, 0.1) is 0 Å². The van der Waals surface area contributed by atoms with Crippen LogP contribution < -0.4 is 5.32 Å². The minimum Gasteiger partial charge on any atom is -0.373 e. The molecule has 2 aliphatic rings. The summed E-state index contributed by atoms with van der Waals surface area (Å²) in [6.07, 6.45) is 4.94. The largest absolute Gasteiger partial charge is 0.373 e. The van der Waals surface area contributed by atoms with Crippen molar-refractivity contribution in [1.29, 1.82) is 0 Å². The van der Waals surface area contributed by atoms with Crippen LogP contribution in [0.3, 0.4) is 0 Å². The number of nitrogens with one attached hydrogen (secondary N) is 1. The van der Waals surface area contributed by atoms with E-state index in [1.54, 1.807) is 6.92 Å². The number of aryl methyl sites for hydroxylation is 1. The summed E-state index contributed by atoms with van der Waals surface area (Å²) in [5.41, 5.74) is 3.17. The Bertz CT molecular complexity index is 929. The molecule has 0 bridgehead atoms. The number of hydrogen-bond acceptors (Lipinski definition) is 5. The van der Waals surface area contributed by atoms with E-state index in [0.29, 0.717) is 25.9 Å². The smallest absolute Gasteiger partial charge is 0.223 e. The molecule has 31 heavy (non-hydrogen) atoms. The molecule has 164 valence electrons. The van der Waals surface area contributed by atoms with Gasteiger partial charge in [-0.25, -0.2) is 9.97 Å². The van der Waals surface area contributed by atoms with E-state index >= 15 is 0 Å². The number of nitrogens with zero attached hydrogens (tertiary/aromatic N) is 4. The minimum absolute atomic E-state index is 0.0687. The zero-order valence-electron chi connectivity index (χ0n) is 18.4. The Morgan fingerprint density at radius 2 is 1.94 bits per heavy atom. The summed E-state index contributed by atoms with van der Waals surface area (Å²) in [6.45, 7) is 3.56. The summed E-state index contributed by atoms with van der Waals surface area (Å²) in [6, 6.07) is 10.1. The van der Waals surface area contributed by atoms with Gasteiger partial charge in [-0.3, -0.25) is 9.59 Å². The number of likely N-dealkylation sites (tertiary alicyclic amines) is 1. The third kappa shape index (κ3) is 4.70. The molecular formula is C24H31N5O2. The van der Waals surface area contributed by atoms with Gasteiger partial charge in [0.25, 0.3) is 0 Å². The molecule has 1 unspecified atom stereocenters. The number of aromatic nitrogens is 2. The zero-order valence-corrected chi connectivity index (χ0v) is 18.4. The fourth-order valence-electron chi connectivity index (χ4n) is 4.60. The summed E-state index contributed by atoms with van der Waals surface area (Å²) in [5.74, 6) is 1.74. The molecule has 1 saturated heterocycles. The van der Waals surface area contributed by atoms with Crippen molar-refractivity contribution in [3.8, 4) is 0 Å². The maximum Gasteiger partial charge on any atom is 0.223 e. The van der Waals surface area contributed by atoms with Crippen LogP contribution in [0.4, 0.5) is 5.82 Å². The van der Waals surface area contributed by atoms with Crippen molar-refractivity contribution in [3.63, 3.8) is 0 Å². The number of fused-ring (bicyclic) bond motifs is 1. The lowest BCUT2D eigenvalue weighted by molar-refractivity contribution is -0.135. The number of rotatable bonds is 5. The van der Waals surface area contributed by atoms with Crippen LogP contribution in [0.15, 0.2) is 30.3 Å². The van der Waals surface area contributed by atoms with Crippen molar-refractivity contribution < 1.29 is 9.59 Å². The molecule has 1 N–H and O–H groups in total. The molecule has 1 aromatic carbocycles. The first-order valence-corrected chi connectivity index (χ1v) is 11.2. The average Bonchev–Trinajstić information content (AvgIpc) is 2.82. The molecule has 0 aliphatic carbocycles. The van der Waals surface area contributed by atoms with Crippen LogP contribution in [-0.2, 0) is 29.0 Å². The van der Waals surface area contributed by atoms with E-state index in [2.05, 4.69) is 17.4 Å². The second kappa shape index (κ2) is 9.45. The molecule has 2 aliphatic heterocycles. The summed E-state index contributed by atoms with van der Waals surface area (Å²) in [5, 5.41) is 3.19. The predicted octanol–water partition coefficient (Wildman–Crippen LogP) is 3.11. The fourth-order valence-corrected chi connectivity index (χ4v) is 4.60. The molecule has 2 amide bonds. The molecule has 2 aromatic rings. The lowest BCUT2D eigenvalue weighted by Crippen LogP contribution is -2.40. The summed E-state index contributed by atoms with van der Waals surface area (Å²) in [4.78, 5) is 38.5. The highest BCUT2D eigenvalue weighted by molar-refractivity contribution is 5.77. The number of hydrogen-bond donors (Lipinski definition) is 1. The van der Waals surface area contributed by atoms with E-state index in [1.165, 1.54) is 5.56 Å². The van der Waals surface area contributed by atoms with E-state index in [1.807, 2.05) is 35.0 Å². The molecule has 0 radical (unpaired) electrons. The Hall–Kier alpha value is -2.96. The van der Waals surface area contributed by atoms with Crippen molar-refractivity contribution in [1.82, 2.24) is 19.8 Å². The lowest BCUT2D eigenvalue weighted by atomic mass is 9.99. The van der Waals surface area contributed by atoms with Crippen LogP contribution in [0.5, 0.6) is 0 Å². The molecule has 7 nitrogen and oxygen atoms in total. The van der Waals surface area contributed by atoms with E-state index in [4.69, 9.17) is 9.97 Å². The first-order chi connectivity index (χ1) is 15.1. The first-order valence-electron chi connectivity index (χ1n) is 11.2. The van der Waals surface area contributed by atoms with Gasteiger partial charge in [0.15, 0.2) is 5.82 Å². The Labute approximate surface area is 183 Å². The van der Waals surface area contributed by atoms with Gasteiger partial charge in [-0.1, -0.05) is 30.3 Å². The highest BCUT2D eigenvalue weighted by Gasteiger charge is 2.32. The number of benzene rings is 1. The third-order valence-electron chi connectivity index (χ3n) is 6.35. The second-order valence-electron chi connectivity index (χ2n) is 8.38. The van der Waals surface area contributed by atoms with Crippen molar-refractivity contribution in [2.45, 2.75) is 58.0 Å². The Kier molecular flexibility index (Phi) is 6.49. The minimum atomic E-state index is -0.0831. The predicted molar refractivity (Wildman–Crippen MR) is 119 cm³/mol. The average molecular weight is 422 g/mol. The zero-order chi connectivity index (χ0) is 21.8. The van der Waals surface area contributed by atoms with Crippen LogP contribution in [-0.4, -0.2) is 51.7 Å². The van der Waals surface area contributed by atoms with Gasteiger partial charge in [0.05, 0.1) is 18.3 Å². The van der Waals surface area contributed by atoms with E-state index < -0.39 is 0 Å². The standard InChI is InChI=1S/C24H31N5O2/c1-17(30)28-15-13-20-19(16-28)23(25-2)27-24(26-20)21-10-6-7-14-29(21)22(31)12-11-18-8-4-3-5-9-18/h3-5,8-9,21H,6-7,10-16H2,1-2H3,(H,25,26,27). The molecule has 0 spiro atoms. The molecule has 0 saturated carbocycles. The molecule has 1 atom stereocenters. The van der Waals surface area contributed by atoms with E-state index in [-0.39, 0.29) is 17.9 Å². The number of carbonyl (C=O) groups is 2. The Morgan fingerprint density at radius 1 is 1.13 bits per heavy atom. The molecule has 7 heteroatoms. The normalized spacial score (nSPS) is 18.5. The number of amides is 2. The van der Waals surface area contributed by atoms with Gasteiger partial charge >= 0.3 is 0 Å². The van der Waals surface area contributed by atoms with Gasteiger partial charge in [0, 0.05) is 45.5 Å². The summed E-state index contributed by atoms with van der Waals surface area (Å²) >= 11 is 0. The van der Waals surface area contributed by atoms with Gasteiger partial charge in [-0.2, -0.15) is 0 Å². The van der Waals surface area contributed by atoms with Crippen molar-refractivity contribution in [2.24, 2.45) is 0 Å². The number of anilines is 1. The number of piperidine rings is 1. The van der Waals surface area contributed by atoms with Crippen LogP contribution >= 0.6 is 0 Å². The van der Waals surface area contributed by atoms with E-state index in [0.717, 1.165) is 55.1 Å². The lowest BCUT2D eigenvalue weighted by Gasteiger charge is -2.36. The molecule has 4 rings (SSSR count). The summed E-state index contributed by atoms with van der Waals surface area (Å²) < 4.78 is 0. The van der Waals surface area contributed by atoms with Crippen molar-refractivity contribution in [3.05, 3.63) is 53.0 Å². The third-order valence-corrected chi connectivity index (χ3v) is 6.35. The van der Waals surface area contributed by atoms with Gasteiger partial charge in [0.1, 0.15) is 5.82 Å². The number of carbonyl (C=O) groups excluding carboxylic acids is 2. The first kappa shape index (κ1) is 21.3. The molecule has 1 aromatic heterocycles. The van der Waals surface area contributed by atoms with Crippen molar-refractivity contribution >= 4 is 17.6 Å². The molecular weight excluding hydrogens is 390 g/mol.